The van der Waals surface area contributed by atoms with Crippen LogP contribution in [-0.4, -0.2) is 12.5 Å². The van der Waals surface area contributed by atoms with E-state index in [0.29, 0.717) is 16.0 Å². The number of hydrogen-bond donors (Lipinski definition) is 2. The highest BCUT2D eigenvalue weighted by Gasteiger charge is 2.07. The molecule has 2 aromatic carbocycles. The summed E-state index contributed by atoms with van der Waals surface area (Å²) in [6.07, 6.45) is 0. The number of rotatable bonds is 6. The molecule has 0 aliphatic carbocycles. The van der Waals surface area contributed by atoms with Gasteiger partial charge < -0.3 is 10.6 Å². The molecule has 23 heavy (non-hydrogen) atoms. The first-order chi connectivity index (χ1) is 10.9. The molecule has 0 radical (unpaired) electrons. The molecule has 1 amide bonds. The van der Waals surface area contributed by atoms with Crippen molar-refractivity contribution in [1.29, 1.82) is 0 Å². The Balaban J connectivity index is 1.85. The van der Waals surface area contributed by atoms with E-state index in [0.717, 1.165) is 29.9 Å². The third-order valence-corrected chi connectivity index (χ3v) is 3.94. The lowest BCUT2D eigenvalue weighted by Crippen LogP contribution is -2.19. The van der Waals surface area contributed by atoms with E-state index in [4.69, 9.17) is 23.2 Å². The van der Waals surface area contributed by atoms with Gasteiger partial charge in [-0.25, -0.2) is 0 Å². The fourth-order valence-corrected chi connectivity index (χ4v) is 2.86. The minimum absolute atomic E-state index is 0.0649. The van der Waals surface area contributed by atoms with Crippen LogP contribution in [0.2, 0.25) is 10.0 Å². The Hall–Kier alpha value is -1.55. The Kier molecular flexibility index (Phi) is 6.46. The molecule has 2 rings (SSSR count). The van der Waals surface area contributed by atoms with Crippen molar-refractivity contribution in [2.45, 2.75) is 26.3 Å². The quantitative estimate of drug-likeness (QED) is 0.782. The van der Waals surface area contributed by atoms with E-state index in [1.165, 1.54) is 6.92 Å². The van der Waals surface area contributed by atoms with Gasteiger partial charge in [0.1, 0.15) is 0 Å². The van der Waals surface area contributed by atoms with Crippen molar-refractivity contribution in [1.82, 2.24) is 5.32 Å². The second-order valence-corrected chi connectivity index (χ2v) is 6.49. The molecule has 2 aromatic rings. The second-order valence-electron chi connectivity index (χ2n) is 5.61. The molecule has 0 heterocycles. The Morgan fingerprint density at radius 1 is 1.09 bits per heavy atom. The first-order valence-electron chi connectivity index (χ1n) is 7.47. The summed E-state index contributed by atoms with van der Waals surface area (Å²) in [6.45, 7) is 5.22. The van der Waals surface area contributed by atoms with Crippen molar-refractivity contribution in [3.63, 3.8) is 0 Å². The summed E-state index contributed by atoms with van der Waals surface area (Å²) < 4.78 is 0. The molecule has 0 aromatic heterocycles. The summed E-state index contributed by atoms with van der Waals surface area (Å²) in [6, 6.07) is 13.4. The maximum absolute atomic E-state index is 11.0. The number of carbonyl (C=O) groups is 1. The van der Waals surface area contributed by atoms with E-state index in [1.54, 1.807) is 6.07 Å². The highest BCUT2D eigenvalue weighted by molar-refractivity contribution is 6.34. The van der Waals surface area contributed by atoms with Gasteiger partial charge in [0.15, 0.2) is 0 Å². The van der Waals surface area contributed by atoms with Gasteiger partial charge in [0, 0.05) is 35.7 Å². The van der Waals surface area contributed by atoms with Crippen LogP contribution in [0.25, 0.3) is 0 Å². The zero-order chi connectivity index (χ0) is 16.8. The summed E-state index contributed by atoms with van der Waals surface area (Å²) in [5, 5.41) is 7.50. The fourth-order valence-electron chi connectivity index (χ4n) is 2.32. The second kappa shape index (κ2) is 8.34. The summed E-state index contributed by atoms with van der Waals surface area (Å²) in [4.78, 5) is 11.0. The molecule has 0 bridgehead atoms. The molecule has 3 nitrogen and oxygen atoms in total. The first kappa shape index (κ1) is 17.8. The largest absolute Gasteiger partial charge is 0.326 e. The standard InChI is InChI=1S/C18H20Cl2N2O/c1-12(15-7-16(19)9-17(20)8-15)10-21-11-14-3-5-18(6-4-14)22-13(2)23/h3-9,12,21H,10-11H2,1-2H3,(H,22,23). The topological polar surface area (TPSA) is 41.1 Å². The van der Waals surface area contributed by atoms with Crippen molar-refractivity contribution in [2.24, 2.45) is 0 Å². The van der Waals surface area contributed by atoms with Gasteiger partial charge in [0.2, 0.25) is 5.91 Å². The average molecular weight is 351 g/mol. The zero-order valence-corrected chi connectivity index (χ0v) is 14.7. The molecule has 0 saturated heterocycles. The highest BCUT2D eigenvalue weighted by Crippen LogP contribution is 2.24. The molecular formula is C18H20Cl2N2O. The van der Waals surface area contributed by atoms with Crippen LogP contribution in [0.4, 0.5) is 5.69 Å². The molecule has 122 valence electrons. The number of amides is 1. The summed E-state index contributed by atoms with van der Waals surface area (Å²) >= 11 is 12.1. The molecule has 0 saturated carbocycles. The maximum atomic E-state index is 11.0. The van der Waals surface area contributed by atoms with Gasteiger partial charge in [-0.2, -0.15) is 0 Å². The van der Waals surface area contributed by atoms with Gasteiger partial charge >= 0.3 is 0 Å². The Labute approximate surface area is 147 Å². The number of benzene rings is 2. The van der Waals surface area contributed by atoms with Crippen molar-refractivity contribution < 1.29 is 4.79 Å². The molecule has 1 unspecified atom stereocenters. The van der Waals surface area contributed by atoms with Gasteiger partial charge in [-0.3, -0.25) is 4.79 Å². The molecular weight excluding hydrogens is 331 g/mol. The number of halogens is 2. The molecule has 0 spiro atoms. The monoisotopic (exact) mass is 350 g/mol. The number of hydrogen-bond acceptors (Lipinski definition) is 2. The van der Waals surface area contributed by atoms with Crippen molar-refractivity contribution in [3.8, 4) is 0 Å². The SMILES string of the molecule is CC(=O)Nc1ccc(CNCC(C)c2cc(Cl)cc(Cl)c2)cc1. The van der Waals surface area contributed by atoms with Crippen LogP contribution in [0.15, 0.2) is 42.5 Å². The van der Waals surface area contributed by atoms with E-state index in [-0.39, 0.29) is 5.91 Å². The van der Waals surface area contributed by atoms with Crippen molar-refractivity contribution in [2.75, 3.05) is 11.9 Å². The maximum Gasteiger partial charge on any atom is 0.221 e. The molecule has 2 N–H and O–H groups in total. The van der Waals surface area contributed by atoms with E-state index >= 15 is 0 Å². The zero-order valence-electron chi connectivity index (χ0n) is 13.2. The highest BCUT2D eigenvalue weighted by atomic mass is 35.5. The van der Waals surface area contributed by atoms with E-state index in [1.807, 2.05) is 36.4 Å². The van der Waals surface area contributed by atoms with Crippen LogP contribution in [0, 0.1) is 0 Å². The Morgan fingerprint density at radius 3 is 2.26 bits per heavy atom. The molecule has 0 aliphatic heterocycles. The summed E-state index contributed by atoms with van der Waals surface area (Å²) in [5.41, 5.74) is 3.09. The van der Waals surface area contributed by atoms with Crippen molar-refractivity contribution in [3.05, 3.63) is 63.6 Å². The number of carbonyl (C=O) groups excluding carboxylic acids is 1. The molecule has 5 heteroatoms. The van der Waals surface area contributed by atoms with Gasteiger partial charge in [-0.1, -0.05) is 42.3 Å². The first-order valence-corrected chi connectivity index (χ1v) is 8.23. The van der Waals surface area contributed by atoms with Gasteiger partial charge in [-0.05, 0) is 47.4 Å². The van der Waals surface area contributed by atoms with Crippen LogP contribution < -0.4 is 10.6 Å². The van der Waals surface area contributed by atoms with Gasteiger partial charge in [-0.15, -0.1) is 0 Å². The van der Waals surface area contributed by atoms with Crippen LogP contribution in [0.3, 0.4) is 0 Å². The third kappa shape index (κ3) is 5.87. The lowest BCUT2D eigenvalue weighted by atomic mass is 10.0. The summed E-state index contributed by atoms with van der Waals surface area (Å²) in [7, 11) is 0. The lowest BCUT2D eigenvalue weighted by Gasteiger charge is -2.14. The Morgan fingerprint density at radius 2 is 1.70 bits per heavy atom. The van der Waals surface area contributed by atoms with E-state index < -0.39 is 0 Å². The average Bonchev–Trinajstić information content (AvgIpc) is 2.47. The van der Waals surface area contributed by atoms with E-state index in [9.17, 15) is 4.79 Å². The minimum Gasteiger partial charge on any atom is -0.326 e. The molecule has 1 atom stereocenters. The van der Waals surface area contributed by atoms with Gasteiger partial charge in [0.05, 0.1) is 0 Å². The number of anilines is 1. The van der Waals surface area contributed by atoms with Gasteiger partial charge in [0.25, 0.3) is 0 Å². The summed E-state index contributed by atoms with van der Waals surface area (Å²) in [5.74, 6) is 0.245. The van der Waals surface area contributed by atoms with Crippen LogP contribution in [-0.2, 0) is 11.3 Å². The number of nitrogens with one attached hydrogen (secondary N) is 2. The van der Waals surface area contributed by atoms with Crippen LogP contribution in [0.1, 0.15) is 30.9 Å². The fraction of sp³-hybridized carbons (Fsp3) is 0.278. The predicted molar refractivity (Wildman–Crippen MR) is 97.3 cm³/mol. The minimum atomic E-state index is -0.0649. The van der Waals surface area contributed by atoms with Crippen LogP contribution in [0.5, 0.6) is 0 Å². The lowest BCUT2D eigenvalue weighted by molar-refractivity contribution is -0.114. The third-order valence-electron chi connectivity index (χ3n) is 3.51. The molecule has 0 aliphatic rings. The normalized spacial score (nSPS) is 12.0. The van der Waals surface area contributed by atoms with Crippen molar-refractivity contribution >= 4 is 34.8 Å². The van der Waals surface area contributed by atoms with Crippen LogP contribution >= 0.6 is 23.2 Å². The van der Waals surface area contributed by atoms with E-state index in [2.05, 4.69) is 17.6 Å². The smallest absolute Gasteiger partial charge is 0.221 e. The predicted octanol–water partition coefficient (Wildman–Crippen LogP) is 4.85. The Bertz CT molecular complexity index is 651. The molecule has 0 fully saturated rings.